The van der Waals surface area contributed by atoms with Crippen molar-refractivity contribution in [3.05, 3.63) is 36.2 Å². The molecule has 0 aliphatic heterocycles. The molecule has 0 bridgehead atoms. The Labute approximate surface area is 141 Å². The fraction of sp³-hybridized carbons (Fsp3) is 0.412. The van der Waals surface area contributed by atoms with Crippen LogP contribution >= 0.6 is 12.2 Å². The van der Waals surface area contributed by atoms with Crippen LogP contribution in [-0.4, -0.2) is 27.3 Å². The molecule has 1 aromatic heterocycles. The van der Waals surface area contributed by atoms with Gasteiger partial charge in [0.05, 0.1) is 23.4 Å². The van der Waals surface area contributed by atoms with Gasteiger partial charge in [-0.05, 0) is 43.1 Å². The molecule has 1 aliphatic carbocycles. The predicted molar refractivity (Wildman–Crippen MR) is 97.4 cm³/mol. The van der Waals surface area contributed by atoms with Crippen LogP contribution in [0.3, 0.4) is 0 Å². The number of thiocarbonyl (C=S) groups is 1. The summed E-state index contributed by atoms with van der Waals surface area (Å²) in [5.74, 6) is 0.652. The van der Waals surface area contributed by atoms with Crippen molar-refractivity contribution in [2.45, 2.75) is 38.6 Å². The maximum absolute atomic E-state index is 5.31. The molecule has 1 heterocycles. The molecule has 2 aromatic rings. The van der Waals surface area contributed by atoms with E-state index in [1.54, 1.807) is 12.4 Å². The Kier molecular flexibility index (Phi) is 5.12. The molecule has 1 aromatic carbocycles. The minimum atomic E-state index is 0.444. The Balaban J connectivity index is 1.55. The minimum absolute atomic E-state index is 0.444. The Bertz CT molecular complexity index is 715. The number of rotatable bonds is 3. The lowest BCUT2D eigenvalue weighted by molar-refractivity contribution is 0.308. The van der Waals surface area contributed by atoms with E-state index in [1.807, 2.05) is 24.3 Å². The summed E-state index contributed by atoms with van der Waals surface area (Å²) in [7, 11) is 0. The molecule has 5 nitrogen and oxygen atoms in total. The van der Waals surface area contributed by atoms with E-state index in [-0.39, 0.29) is 0 Å². The topological polar surface area (TPSA) is 62.2 Å². The van der Waals surface area contributed by atoms with Gasteiger partial charge in [0.2, 0.25) is 0 Å². The number of para-hydroxylation sites is 2. The lowest BCUT2D eigenvalue weighted by atomic mass is 9.86. The molecule has 0 unspecified atom stereocenters. The van der Waals surface area contributed by atoms with E-state index in [4.69, 9.17) is 12.2 Å². The summed E-state index contributed by atoms with van der Waals surface area (Å²) in [5.41, 5.74) is 5.30. The van der Waals surface area contributed by atoms with E-state index in [0.29, 0.717) is 22.8 Å². The van der Waals surface area contributed by atoms with Crippen LogP contribution in [0.15, 0.2) is 35.6 Å². The van der Waals surface area contributed by atoms with Crippen molar-refractivity contribution >= 4 is 34.6 Å². The molecule has 2 N–H and O–H groups in total. The van der Waals surface area contributed by atoms with E-state index in [2.05, 4.69) is 32.7 Å². The van der Waals surface area contributed by atoms with E-state index >= 15 is 0 Å². The number of nitrogens with one attached hydrogen (secondary N) is 2. The summed E-state index contributed by atoms with van der Waals surface area (Å²) in [6, 6.07) is 8.21. The van der Waals surface area contributed by atoms with Gasteiger partial charge in [0, 0.05) is 6.04 Å². The highest BCUT2D eigenvalue weighted by molar-refractivity contribution is 7.80. The van der Waals surface area contributed by atoms with Crippen LogP contribution in [-0.2, 0) is 0 Å². The second-order valence-corrected chi connectivity index (χ2v) is 6.40. The second-order valence-electron chi connectivity index (χ2n) is 6.00. The van der Waals surface area contributed by atoms with Gasteiger partial charge >= 0.3 is 0 Å². The number of hydrogen-bond donors (Lipinski definition) is 2. The maximum Gasteiger partial charge on any atom is 0.187 e. The van der Waals surface area contributed by atoms with Crippen LogP contribution in [0.1, 0.15) is 38.3 Å². The van der Waals surface area contributed by atoms with Gasteiger partial charge in [-0.15, -0.1) is 0 Å². The summed E-state index contributed by atoms with van der Waals surface area (Å²) in [5, 5.41) is 8.08. The van der Waals surface area contributed by atoms with Gasteiger partial charge in [0.15, 0.2) is 5.11 Å². The highest BCUT2D eigenvalue weighted by Crippen LogP contribution is 2.23. The maximum atomic E-state index is 5.31. The lowest BCUT2D eigenvalue weighted by Gasteiger charge is -2.30. The monoisotopic (exact) mass is 327 g/mol. The van der Waals surface area contributed by atoms with Gasteiger partial charge in [0.1, 0.15) is 5.69 Å². The summed E-state index contributed by atoms with van der Waals surface area (Å²) in [6.45, 7) is 2.27. The first-order chi connectivity index (χ1) is 11.2. The summed E-state index contributed by atoms with van der Waals surface area (Å²) in [6.07, 6.45) is 8.35. The number of aromatic nitrogens is 2. The minimum Gasteiger partial charge on any atom is -0.358 e. The Hall–Kier alpha value is -2.08. The van der Waals surface area contributed by atoms with Crippen LogP contribution < -0.4 is 10.7 Å². The van der Waals surface area contributed by atoms with Crippen molar-refractivity contribution in [3.63, 3.8) is 0 Å². The molecule has 0 radical (unpaired) electrons. The number of nitrogens with zero attached hydrogens (tertiary/aromatic N) is 3. The van der Waals surface area contributed by atoms with Crippen LogP contribution in [0.2, 0.25) is 0 Å². The van der Waals surface area contributed by atoms with Crippen molar-refractivity contribution in [3.8, 4) is 0 Å². The molecule has 3 rings (SSSR count). The zero-order valence-electron chi connectivity index (χ0n) is 13.2. The van der Waals surface area contributed by atoms with Crippen molar-refractivity contribution in [1.29, 1.82) is 0 Å². The zero-order valence-corrected chi connectivity index (χ0v) is 14.0. The third-order valence-corrected chi connectivity index (χ3v) is 4.47. The van der Waals surface area contributed by atoms with Gasteiger partial charge in [0.25, 0.3) is 0 Å². The molecular formula is C17H21N5S. The summed E-state index contributed by atoms with van der Waals surface area (Å²) >= 11 is 5.31. The average molecular weight is 327 g/mol. The van der Waals surface area contributed by atoms with E-state index < -0.39 is 0 Å². The molecule has 0 amide bonds. The first kappa shape index (κ1) is 15.8. The highest BCUT2D eigenvalue weighted by Gasteiger charge is 2.21. The van der Waals surface area contributed by atoms with Gasteiger partial charge in [-0.1, -0.05) is 31.9 Å². The van der Waals surface area contributed by atoms with Crippen molar-refractivity contribution < 1.29 is 0 Å². The van der Waals surface area contributed by atoms with Gasteiger partial charge in [-0.2, -0.15) is 5.10 Å². The number of hydrazone groups is 1. The summed E-state index contributed by atoms with van der Waals surface area (Å²) < 4.78 is 0. The zero-order chi connectivity index (χ0) is 16.1. The molecule has 0 saturated heterocycles. The van der Waals surface area contributed by atoms with Gasteiger partial charge in [-0.25, -0.2) is 4.98 Å². The molecule has 2 atom stereocenters. The fourth-order valence-electron chi connectivity index (χ4n) is 2.92. The predicted octanol–water partition coefficient (Wildman–Crippen LogP) is 3.01. The van der Waals surface area contributed by atoms with Crippen LogP contribution in [0.4, 0.5) is 0 Å². The van der Waals surface area contributed by atoms with E-state index in [1.165, 1.54) is 25.7 Å². The first-order valence-electron chi connectivity index (χ1n) is 8.04. The summed E-state index contributed by atoms with van der Waals surface area (Å²) in [4.78, 5) is 8.84. The van der Waals surface area contributed by atoms with Crippen molar-refractivity contribution in [2.75, 3.05) is 0 Å². The third-order valence-electron chi connectivity index (χ3n) is 4.26. The van der Waals surface area contributed by atoms with Crippen LogP contribution in [0, 0.1) is 5.92 Å². The second kappa shape index (κ2) is 7.46. The number of fused-ring (bicyclic) bond motifs is 1. The average Bonchev–Trinajstić information content (AvgIpc) is 2.57. The Morgan fingerprint density at radius 2 is 2.04 bits per heavy atom. The van der Waals surface area contributed by atoms with E-state index in [0.717, 1.165) is 11.0 Å². The Morgan fingerprint density at radius 3 is 2.87 bits per heavy atom. The molecule has 1 fully saturated rings. The smallest absolute Gasteiger partial charge is 0.187 e. The van der Waals surface area contributed by atoms with Crippen molar-refractivity contribution in [2.24, 2.45) is 11.0 Å². The molecule has 6 heteroatoms. The molecule has 23 heavy (non-hydrogen) atoms. The Morgan fingerprint density at radius 1 is 1.26 bits per heavy atom. The third kappa shape index (κ3) is 4.22. The largest absolute Gasteiger partial charge is 0.358 e. The number of hydrogen-bond acceptors (Lipinski definition) is 4. The molecule has 120 valence electrons. The van der Waals surface area contributed by atoms with Crippen LogP contribution in [0.5, 0.6) is 0 Å². The molecule has 0 spiro atoms. The normalized spacial score (nSPS) is 21.4. The van der Waals surface area contributed by atoms with Crippen LogP contribution in [0.25, 0.3) is 11.0 Å². The first-order valence-corrected chi connectivity index (χ1v) is 8.44. The fourth-order valence-corrected chi connectivity index (χ4v) is 3.13. The SMILES string of the molecule is C[C@@H]1CCCC[C@@H]1NC(=S)N/N=C\c1cnc2ccccc2n1. The molecule has 1 saturated carbocycles. The number of benzene rings is 1. The van der Waals surface area contributed by atoms with Gasteiger partial charge < -0.3 is 5.32 Å². The van der Waals surface area contributed by atoms with Gasteiger partial charge in [-0.3, -0.25) is 10.4 Å². The highest BCUT2D eigenvalue weighted by atomic mass is 32.1. The standard InChI is InChI=1S/C17H21N5S/c1-12-6-2-3-7-14(12)21-17(23)22-19-11-13-10-18-15-8-4-5-9-16(15)20-13/h4-5,8-12,14H,2-3,6-7H2,1H3,(H2,21,22,23)/b19-11-/t12-,14+/m1/s1. The van der Waals surface area contributed by atoms with Crippen molar-refractivity contribution in [1.82, 2.24) is 20.7 Å². The lowest BCUT2D eigenvalue weighted by Crippen LogP contribution is -2.44. The molecule has 1 aliphatic rings. The van der Waals surface area contributed by atoms with E-state index in [9.17, 15) is 0 Å². The molecular weight excluding hydrogens is 306 g/mol. The quantitative estimate of drug-likeness (QED) is 0.515.